The first-order chi connectivity index (χ1) is 6.74. The summed E-state index contributed by atoms with van der Waals surface area (Å²) in [7, 11) is 0. The smallest absolute Gasteiger partial charge is 0.316 e. The highest BCUT2D eigenvalue weighted by atomic mass is 32.2. The van der Waals surface area contributed by atoms with Gasteiger partial charge in [0, 0.05) is 0 Å². The first kappa shape index (κ1) is 11.1. The molecule has 0 aromatic heterocycles. The van der Waals surface area contributed by atoms with Crippen LogP contribution in [-0.4, -0.2) is 22.1 Å². The van der Waals surface area contributed by atoms with Crippen molar-refractivity contribution in [1.82, 2.24) is 0 Å². The van der Waals surface area contributed by atoms with Gasteiger partial charge in [0.05, 0.1) is 0 Å². The molecule has 14 heavy (non-hydrogen) atoms. The Morgan fingerprint density at radius 3 is 2.57 bits per heavy atom. The van der Waals surface area contributed by atoms with Crippen molar-refractivity contribution in [2.45, 2.75) is 18.6 Å². The van der Waals surface area contributed by atoms with Gasteiger partial charge in [-0.05, 0) is 17.7 Å². The number of aliphatic carboxylic acids is 1. The van der Waals surface area contributed by atoms with E-state index in [9.17, 15) is 4.79 Å². The van der Waals surface area contributed by atoms with Crippen LogP contribution in [0, 0.1) is 0 Å². The zero-order valence-electron chi connectivity index (χ0n) is 8.14. The average Bonchev–Trinajstić information content (AvgIpc) is 2.18. The summed E-state index contributed by atoms with van der Waals surface area (Å²) < 4.78 is 0. The second kappa shape index (κ2) is 5.70. The minimum absolute atomic E-state index is 0.317. The van der Waals surface area contributed by atoms with Gasteiger partial charge in [0.1, 0.15) is 5.25 Å². The van der Waals surface area contributed by atoms with Gasteiger partial charge >= 0.3 is 5.97 Å². The van der Waals surface area contributed by atoms with Gasteiger partial charge in [-0.25, -0.2) is 0 Å². The summed E-state index contributed by atoms with van der Waals surface area (Å²) in [5, 5.41) is 8.63. The lowest BCUT2D eigenvalue weighted by Gasteiger charge is -2.10. The van der Waals surface area contributed by atoms with Crippen molar-refractivity contribution in [1.29, 1.82) is 0 Å². The van der Waals surface area contributed by atoms with E-state index in [1.807, 2.05) is 37.3 Å². The second-order valence-corrected chi connectivity index (χ2v) is 4.45. The summed E-state index contributed by atoms with van der Waals surface area (Å²) in [5.41, 5.74) is 1.08. The van der Waals surface area contributed by atoms with Crippen molar-refractivity contribution in [2.75, 3.05) is 5.75 Å². The van der Waals surface area contributed by atoms with Crippen molar-refractivity contribution in [2.24, 2.45) is 0 Å². The van der Waals surface area contributed by atoms with E-state index in [4.69, 9.17) is 5.11 Å². The molecular formula is C11H14O2S. The molecule has 1 aromatic carbocycles. The lowest BCUT2D eigenvalue weighted by atomic mass is 10.1. The molecule has 1 atom stereocenters. The van der Waals surface area contributed by atoms with Crippen LogP contribution in [0.4, 0.5) is 0 Å². The second-order valence-electron chi connectivity index (χ2n) is 2.97. The molecule has 0 heterocycles. The van der Waals surface area contributed by atoms with Gasteiger partial charge in [-0.15, -0.1) is 11.8 Å². The van der Waals surface area contributed by atoms with E-state index in [-0.39, 0.29) is 5.25 Å². The van der Waals surface area contributed by atoms with Crippen LogP contribution in [0.1, 0.15) is 12.5 Å². The molecule has 0 radical (unpaired) electrons. The summed E-state index contributed by atoms with van der Waals surface area (Å²) in [6.07, 6.45) is 0.606. The lowest BCUT2D eigenvalue weighted by molar-refractivity contribution is -0.136. The van der Waals surface area contributed by atoms with E-state index in [1.165, 1.54) is 11.8 Å². The fourth-order valence-corrected chi connectivity index (χ4v) is 2.10. The van der Waals surface area contributed by atoms with E-state index in [0.717, 1.165) is 11.3 Å². The Kier molecular flexibility index (Phi) is 4.53. The standard InChI is InChI=1S/C11H14O2S/c1-2-14-10(11(12)13)8-9-6-4-3-5-7-9/h3-7,10H,2,8H2,1H3,(H,12,13). The Labute approximate surface area is 88.3 Å². The minimum atomic E-state index is -0.722. The number of carboxylic acid groups (broad SMARTS) is 1. The highest BCUT2D eigenvalue weighted by molar-refractivity contribution is 8.00. The summed E-state index contributed by atoms with van der Waals surface area (Å²) in [6.45, 7) is 1.98. The summed E-state index contributed by atoms with van der Waals surface area (Å²) in [4.78, 5) is 10.9. The van der Waals surface area contributed by atoms with Gasteiger partial charge in [-0.1, -0.05) is 37.3 Å². The van der Waals surface area contributed by atoms with Gasteiger partial charge in [0.2, 0.25) is 0 Å². The maximum atomic E-state index is 10.9. The monoisotopic (exact) mass is 210 g/mol. The highest BCUT2D eigenvalue weighted by Gasteiger charge is 2.16. The van der Waals surface area contributed by atoms with Crippen molar-refractivity contribution < 1.29 is 9.90 Å². The van der Waals surface area contributed by atoms with E-state index in [2.05, 4.69) is 0 Å². The van der Waals surface area contributed by atoms with Crippen LogP contribution in [0.3, 0.4) is 0 Å². The molecule has 1 unspecified atom stereocenters. The Morgan fingerprint density at radius 1 is 1.43 bits per heavy atom. The van der Waals surface area contributed by atoms with Gasteiger partial charge in [0.15, 0.2) is 0 Å². The third-order valence-corrected chi connectivity index (χ3v) is 3.01. The molecule has 3 heteroatoms. The highest BCUT2D eigenvalue weighted by Crippen LogP contribution is 2.16. The summed E-state index contributed by atoms with van der Waals surface area (Å²) in [6, 6.07) is 9.74. The molecule has 1 rings (SSSR count). The van der Waals surface area contributed by atoms with E-state index in [1.54, 1.807) is 0 Å². The van der Waals surface area contributed by atoms with Crippen molar-refractivity contribution in [3.63, 3.8) is 0 Å². The Bertz CT molecular complexity index is 285. The molecule has 0 bridgehead atoms. The Balaban J connectivity index is 2.60. The molecule has 0 aliphatic rings. The molecule has 1 N–H and O–H groups in total. The van der Waals surface area contributed by atoms with Crippen LogP contribution < -0.4 is 0 Å². The Morgan fingerprint density at radius 2 is 2.07 bits per heavy atom. The molecule has 2 nitrogen and oxygen atoms in total. The zero-order valence-corrected chi connectivity index (χ0v) is 8.96. The predicted molar refractivity (Wildman–Crippen MR) is 59.7 cm³/mol. The summed E-state index contributed by atoms with van der Waals surface area (Å²) >= 11 is 1.48. The summed E-state index contributed by atoms with van der Waals surface area (Å²) in [5.74, 6) is 0.116. The molecule has 0 aliphatic heterocycles. The minimum Gasteiger partial charge on any atom is -0.480 e. The first-order valence-electron chi connectivity index (χ1n) is 4.62. The number of hydrogen-bond acceptors (Lipinski definition) is 2. The quantitative estimate of drug-likeness (QED) is 0.811. The van der Waals surface area contributed by atoms with Gasteiger partial charge < -0.3 is 5.11 Å². The molecule has 76 valence electrons. The number of hydrogen-bond donors (Lipinski definition) is 1. The largest absolute Gasteiger partial charge is 0.480 e. The average molecular weight is 210 g/mol. The van der Waals surface area contributed by atoms with Crippen molar-refractivity contribution >= 4 is 17.7 Å². The fraction of sp³-hybridized carbons (Fsp3) is 0.364. The molecule has 0 aliphatic carbocycles. The predicted octanol–water partition coefficient (Wildman–Crippen LogP) is 2.44. The SMILES string of the molecule is CCSC(Cc1ccccc1)C(=O)O. The molecule has 0 fully saturated rings. The molecular weight excluding hydrogens is 196 g/mol. The number of benzene rings is 1. The molecule has 0 spiro atoms. The van der Waals surface area contributed by atoms with Crippen molar-refractivity contribution in [3.8, 4) is 0 Å². The third kappa shape index (κ3) is 3.42. The fourth-order valence-electron chi connectivity index (χ4n) is 1.25. The Hall–Kier alpha value is -0.960. The van der Waals surface area contributed by atoms with Crippen LogP contribution in [0.25, 0.3) is 0 Å². The van der Waals surface area contributed by atoms with Crippen molar-refractivity contribution in [3.05, 3.63) is 35.9 Å². The number of carbonyl (C=O) groups is 1. The number of rotatable bonds is 5. The van der Waals surface area contributed by atoms with E-state index in [0.29, 0.717) is 6.42 Å². The van der Waals surface area contributed by atoms with Gasteiger partial charge in [0.25, 0.3) is 0 Å². The van der Waals surface area contributed by atoms with Crippen LogP contribution >= 0.6 is 11.8 Å². The lowest BCUT2D eigenvalue weighted by Crippen LogP contribution is -2.19. The number of carboxylic acids is 1. The van der Waals surface area contributed by atoms with Crippen LogP contribution in [-0.2, 0) is 11.2 Å². The van der Waals surface area contributed by atoms with E-state index >= 15 is 0 Å². The zero-order chi connectivity index (χ0) is 10.4. The van der Waals surface area contributed by atoms with Gasteiger partial charge in [-0.2, -0.15) is 0 Å². The third-order valence-electron chi connectivity index (χ3n) is 1.91. The molecule has 1 aromatic rings. The maximum absolute atomic E-state index is 10.9. The molecule has 0 saturated carbocycles. The van der Waals surface area contributed by atoms with E-state index < -0.39 is 5.97 Å². The normalized spacial score (nSPS) is 12.4. The first-order valence-corrected chi connectivity index (χ1v) is 5.67. The van der Waals surface area contributed by atoms with Crippen LogP contribution in [0.2, 0.25) is 0 Å². The topological polar surface area (TPSA) is 37.3 Å². The number of thioether (sulfide) groups is 1. The molecule has 0 amide bonds. The molecule has 0 saturated heterocycles. The maximum Gasteiger partial charge on any atom is 0.316 e. The van der Waals surface area contributed by atoms with Gasteiger partial charge in [-0.3, -0.25) is 4.79 Å². The van der Waals surface area contributed by atoms with Crippen LogP contribution in [0.15, 0.2) is 30.3 Å². The van der Waals surface area contributed by atoms with Crippen LogP contribution in [0.5, 0.6) is 0 Å².